The molecule has 0 aromatic heterocycles. The Labute approximate surface area is 98.7 Å². The number of aliphatic hydroxyl groups excluding tert-OH is 3. The number of aliphatic imine (C=N–C) groups is 2. The lowest BCUT2D eigenvalue weighted by Gasteiger charge is -2.29. The predicted molar refractivity (Wildman–Crippen MR) is 58.9 cm³/mol. The molecule has 4 atom stereocenters. The molecule has 1 unspecified atom stereocenters. The minimum atomic E-state index is -2.06. The molecule has 2 aliphatic heterocycles. The van der Waals surface area contributed by atoms with Gasteiger partial charge in [-0.05, 0) is 0 Å². The van der Waals surface area contributed by atoms with Crippen LogP contribution in [0.3, 0.4) is 0 Å². The Balaban J connectivity index is 2.28. The van der Waals surface area contributed by atoms with Crippen molar-refractivity contribution in [3.05, 3.63) is 12.4 Å². The van der Waals surface area contributed by atoms with E-state index >= 15 is 0 Å². The van der Waals surface area contributed by atoms with Gasteiger partial charge in [-0.1, -0.05) is 6.58 Å². The van der Waals surface area contributed by atoms with Gasteiger partial charge < -0.3 is 25.8 Å². The highest BCUT2D eigenvalue weighted by atomic mass is 16.6. The molecule has 5 N–H and O–H groups in total. The zero-order valence-electron chi connectivity index (χ0n) is 9.89. The molecule has 0 aromatic rings. The zero-order chi connectivity index (χ0) is 13.5. The van der Waals surface area contributed by atoms with Crippen molar-refractivity contribution in [1.29, 1.82) is 0 Å². The van der Waals surface area contributed by atoms with Crippen molar-refractivity contribution >= 4 is 12.3 Å². The van der Waals surface area contributed by atoms with Gasteiger partial charge in [0.1, 0.15) is 30.5 Å². The average Bonchev–Trinajstić information content (AvgIpc) is 2.54. The summed E-state index contributed by atoms with van der Waals surface area (Å²) in [7, 11) is 0. The third-order valence-electron chi connectivity index (χ3n) is 2.47. The molecule has 94 valence electrons. The summed E-state index contributed by atoms with van der Waals surface area (Å²) < 4.78 is 13.2. The second-order valence-corrected chi connectivity index (χ2v) is 3.61. The highest BCUT2D eigenvalue weighted by Crippen LogP contribution is 2.26. The molecule has 8 nitrogen and oxygen atoms in total. The third-order valence-corrected chi connectivity index (χ3v) is 2.47. The molecule has 2 aliphatic rings. The van der Waals surface area contributed by atoms with Crippen LogP contribution in [0.15, 0.2) is 22.4 Å². The highest BCUT2D eigenvalue weighted by molar-refractivity contribution is 5.89. The van der Waals surface area contributed by atoms with E-state index in [9.17, 15) is 10.2 Å². The molecule has 17 heavy (non-hydrogen) atoms. The van der Waals surface area contributed by atoms with Crippen molar-refractivity contribution < 1.29 is 21.4 Å². The van der Waals surface area contributed by atoms with E-state index in [1.807, 2.05) is 0 Å². The molecule has 0 aromatic carbocycles. The van der Waals surface area contributed by atoms with Gasteiger partial charge in [0.05, 0.1) is 7.98 Å². The zero-order valence-corrected chi connectivity index (χ0v) is 8.89. The Morgan fingerprint density at radius 1 is 1.59 bits per heavy atom. The third kappa shape index (κ3) is 2.03. The average molecular weight is 243 g/mol. The van der Waals surface area contributed by atoms with Gasteiger partial charge in [0.25, 0.3) is 0 Å². The van der Waals surface area contributed by atoms with Crippen molar-refractivity contribution in [3.8, 4) is 0 Å². The lowest BCUT2D eigenvalue weighted by Crippen LogP contribution is -2.44. The topological polar surface area (TPSA) is 124 Å². The van der Waals surface area contributed by atoms with Gasteiger partial charge in [0.15, 0.2) is 6.20 Å². The number of ether oxygens (including phenoxy) is 1. The van der Waals surface area contributed by atoms with Crippen LogP contribution in [-0.4, -0.2) is 63.6 Å². The summed E-state index contributed by atoms with van der Waals surface area (Å²) in [6.07, 6.45) is -4.96. The largest absolute Gasteiger partial charge is 0.394 e. The number of nitrogens with two attached hydrogens (primary N) is 1. The monoisotopic (exact) mass is 243 g/mol. The van der Waals surface area contributed by atoms with Crippen molar-refractivity contribution in [2.75, 3.05) is 6.61 Å². The molecule has 0 amide bonds. The Bertz CT molecular complexity index is 429. The first-order valence-corrected chi connectivity index (χ1v) is 4.91. The van der Waals surface area contributed by atoms with Gasteiger partial charge in [0.2, 0.25) is 5.96 Å². The molecule has 0 aliphatic carbocycles. The van der Waals surface area contributed by atoms with E-state index < -0.39 is 31.1 Å². The van der Waals surface area contributed by atoms with Gasteiger partial charge in [-0.3, -0.25) is 4.90 Å². The lowest BCUT2D eigenvalue weighted by molar-refractivity contribution is -0.0607. The highest BCUT2D eigenvalue weighted by Gasteiger charge is 2.45. The molecule has 1 saturated heterocycles. The van der Waals surface area contributed by atoms with Gasteiger partial charge in [-0.2, -0.15) is 4.99 Å². The number of rotatable bonds is 2. The second-order valence-electron chi connectivity index (χ2n) is 3.61. The Kier molecular flexibility index (Phi) is 2.77. The van der Waals surface area contributed by atoms with Gasteiger partial charge in [-0.25, -0.2) is 4.99 Å². The number of aliphatic hydroxyl groups is 3. The Morgan fingerprint density at radius 2 is 2.29 bits per heavy atom. The van der Waals surface area contributed by atoms with Crippen molar-refractivity contribution in [2.24, 2.45) is 15.7 Å². The maximum atomic E-state index is 9.86. The smallest absolute Gasteiger partial charge is 0.223 e. The first-order valence-electron chi connectivity index (χ1n) is 5.41. The van der Waals surface area contributed by atoms with Crippen LogP contribution < -0.4 is 5.73 Å². The molecular formula is C9H14N4O4. The van der Waals surface area contributed by atoms with E-state index in [4.69, 9.17) is 16.9 Å². The quantitative estimate of drug-likeness (QED) is 0.427. The van der Waals surface area contributed by atoms with Crippen LogP contribution >= 0.6 is 0 Å². The predicted octanol–water partition coefficient (Wildman–Crippen LogP) is -2.44. The number of nitrogens with zero attached hydrogens (tertiary/aromatic N) is 3. The standard InChI is InChI=1S/C9H14N4O4/c1-4-12-9(10)11-3-13(4)8-7(16)6(15)5(2-14)17-8/h3,5-8,14-16H,1-2H2,(H2,10,12)/t5-,6?,7+,8-/m1/s1/i8D. The van der Waals surface area contributed by atoms with E-state index in [-0.39, 0.29) is 11.8 Å². The fraction of sp³-hybridized carbons (Fsp3) is 0.556. The van der Waals surface area contributed by atoms with E-state index in [1.165, 1.54) is 0 Å². The molecule has 2 rings (SSSR count). The molecule has 0 radical (unpaired) electrons. The Hall–Kier alpha value is -1.48. The van der Waals surface area contributed by atoms with Crippen molar-refractivity contribution in [1.82, 2.24) is 4.90 Å². The summed E-state index contributed by atoms with van der Waals surface area (Å²) in [6, 6.07) is 0. The first kappa shape index (κ1) is 10.7. The van der Waals surface area contributed by atoms with Crippen LogP contribution in [0, 0.1) is 0 Å². The fourth-order valence-electron chi connectivity index (χ4n) is 1.57. The number of hydrogen-bond acceptors (Lipinski definition) is 8. The van der Waals surface area contributed by atoms with Gasteiger partial charge in [0, 0.05) is 0 Å². The number of hydrogen-bond donors (Lipinski definition) is 4. The SMILES string of the molecule is [2H][C@@]1(N2C=NC(N)=NC2=C)O[C@H](CO)C(O)[C@@H]1O. The molecular weight excluding hydrogens is 228 g/mol. The van der Waals surface area contributed by atoms with E-state index in [0.717, 1.165) is 11.2 Å². The summed E-state index contributed by atoms with van der Waals surface area (Å²) in [5.74, 6) is 0.00827. The molecule has 0 spiro atoms. The van der Waals surface area contributed by atoms with Crippen molar-refractivity contribution in [2.45, 2.75) is 24.5 Å². The molecule has 0 bridgehead atoms. The summed E-state index contributed by atoms with van der Waals surface area (Å²) in [4.78, 5) is 8.45. The summed E-state index contributed by atoms with van der Waals surface area (Å²) in [5, 5.41) is 28.5. The summed E-state index contributed by atoms with van der Waals surface area (Å²) in [6.45, 7) is 3.03. The van der Waals surface area contributed by atoms with E-state index in [2.05, 4.69) is 16.6 Å². The van der Waals surface area contributed by atoms with Crippen LogP contribution in [0.2, 0.25) is 0 Å². The minimum absolute atomic E-state index is 0.0356. The van der Waals surface area contributed by atoms with Gasteiger partial charge in [-0.15, -0.1) is 0 Å². The van der Waals surface area contributed by atoms with Crippen LogP contribution in [0.1, 0.15) is 1.37 Å². The van der Waals surface area contributed by atoms with Crippen LogP contribution in [0.5, 0.6) is 0 Å². The second kappa shape index (κ2) is 4.41. The molecule has 8 heteroatoms. The van der Waals surface area contributed by atoms with Crippen LogP contribution in [-0.2, 0) is 4.74 Å². The normalized spacial score (nSPS) is 42.6. The minimum Gasteiger partial charge on any atom is -0.394 e. The lowest BCUT2D eigenvalue weighted by atomic mass is 10.1. The van der Waals surface area contributed by atoms with Crippen LogP contribution in [0.25, 0.3) is 0 Å². The summed E-state index contributed by atoms with van der Waals surface area (Å²) in [5.41, 5.74) is 5.36. The molecule has 0 saturated carbocycles. The fourth-order valence-corrected chi connectivity index (χ4v) is 1.57. The Morgan fingerprint density at radius 3 is 2.82 bits per heavy atom. The van der Waals surface area contributed by atoms with Crippen LogP contribution in [0.4, 0.5) is 0 Å². The first-order chi connectivity index (χ1) is 8.40. The molecule has 2 heterocycles. The van der Waals surface area contributed by atoms with Crippen molar-refractivity contribution in [3.63, 3.8) is 0 Å². The van der Waals surface area contributed by atoms with E-state index in [1.54, 1.807) is 0 Å². The number of guanidine groups is 1. The molecule has 1 fully saturated rings. The summed E-state index contributed by atoms with van der Waals surface area (Å²) >= 11 is 0. The van der Waals surface area contributed by atoms with E-state index in [0.29, 0.717) is 0 Å². The maximum Gasteiger partial charge on any atom is 0.223 e. The van der Waals surface area contributed by atoms with Gasteiger partial charge >= 0.3 is 0 Å². The maximum absolute atomic E-state index is 9.86.